The van der Waals surface area contributed by atoms with Gasteiger partial charge in [-0.2, -0.15) is 4.72 Å². The van der Waals surface area contributed by atoms with Crippen molar-refractivity contribution in [2.45, 2.75) is 51.5 Å². The van der Waals surface area contributed by atoms with Crippen molar-refractivity contribution in [3.63, 3.8) is 0 Å². The van der Waals surface area contributed by atoms with Crippen molar-refractivity contribution in [1.29, 1.82) is 0 Å². The number of sulfonamides is 1. The van der Waals surface area contributed by atoms with Gasteiger partial charge in [-0.25, -0.2) is 8.42 Å². The molecule has 8 heteroatoms. The van der Waals surface area contributed by atoms with E-state index in [0.29, 0.717) is 19.4 Å². The molecule has 0 bridgehead atoms. The first kappa shape index (κ1) is 21.4. The van der Waals surface area contributed by atoms with Gasteiger partial charge < -0.3 is 10.0 Å². The summed E-state index contributed by atoms with van der Waals surface area (Å²) in [5, 5.41) is 9.36. The van der Waals surface area contributed by atoms with E-state index in [-0.39, 0.29) is 23.3 Å². The third kappa shape index (κ3) is 5.07. The number of hydrogen-bond acceptors (Lipinski definition) is 4. The molecule has 1 aliphatic rings. The molecule has 0 saturated carbocycles. The highest BCUT2D eigenvalue weighted by Gasteiger charge is 2.43. The van der Waals surface area contributed by atoms with Crippen LogP contribution in [0.25, 0.3) is 0 Å². The van der Waals surface area contributed by atoms with Gasteiger partial charge in [-0.1, -0.05) is 31.5 Å². The number of nitrogens with zero attached hydrogens (tertiary/aromatic N) is 1. The minimum absolute atomic E-state index is 0.0853. The lowest BCUT2D eigenvalue weighted by atomic mass is 9.90. The molecule has 1 aliphatic heterocycles. The van der Waals surface area contributed by atoms with Gasteiger partial charge in [-0.05, 0) is 44.7 Å². The first-order chi connectivity index (χ1) is 12.4. The molecule has 1 fully saturated rings. The minimum Gasteiger partial charge on any atom is -0.481 e. The lowest BCUT2D eigenvalue weighted by Crippen LogP contribution is -2.49. The summed E-state index contributed by atoms with van der Waals surface area (Å²) in [7, 11) is -3.86. The number of aliphatic carboxylic acids is 1. The number of likely N-dealkylation sites (tertiary alicyclic amines) is 1. The molecule has 1 aromatic carbocycles. The van der Waals surface area contributed by atoms with Crippen LogP contribution in [-0.2, 0) is 19.6 Å². The molecule has 2 unspecified atom stereocenters. The molecule has 1 aromatic rings. The molecule has 150 valence electrons. The summed E-state index contributed by atoms with van der Waals surface area (Å²) in [5.41, 5.74) is -0.0535. The molecule has 0 aliphatic carbocycles. The molecule has 0 spiro atoms. The second-order valence-electron chi connectivity index (χ2n) is 7.99. The average molecular weight is 397 g/mol. The monoisotopic (exact) mass is 396 g/mol. The van der Waals surface area contributed by atoms with Gasteiger partial charge in [0.15, 0.2) is 0 Å². The van der Waals surface area contributed by atoms with Crippen LogP contribution in [-0.4, -0.2) is 49.4 Å². The molecule has 2 rings (SSSR count). The standard InChI is InChI=1S/C19H28N2O5S/c1-13(2)11-16(17(22)21-10-9-19(4,12-21)18(23)24)20-27(25,26)15-7-5-14(3)6-8-15/h5-8,13,16,20H,9-12H2,1-4H3,(H,23,24). The van der Waals surface area contributed by atoms with Gasteiger partial charge in [0.1, 0.15) is 6.04 Å². The highest BCUT2D eigenvalue weighted by atomic mass is 32.2. The van der Waals surface area contributed by atoms with E-state index in [4.69, 9.17) is 0 Å². The Morgan fingerprint density at radius 2 is 1.85 bits per heavy atom. The predicted molar refractivity (Wildman–Crippen MR) is 102 cm³/mol. The molecule has 1 heterocycles. The fourth-order valence-electron chi connectivity index (χ4n) is 3.19. The summed E-state index contributed by atoms with van der Waals surface area (Å²) in [6.45, 7) is 7.68. The molecule has 27 heavy (non-hydrogen) atoms. The molecule has 2 atom stereocenters. The van der Waals surface area contributed by atoms with Crippen molar-refractivity contribution in [3.05, 3.63) is 29.8 Å². The molecule has 0 radical (unpaired) electrons. The Balaban J connectivity index is 2.21. The Labute approximate surface area is 160 Å². The maximum Gasteiger partial charge on any atom is 0.311 e. The van der Waals surface area contributed by atoms with Crippen molar-refractivity contribution in [2.75, 3.05) is 13.1 Å². The fraction of sp³-hybridized carbons (Fsp3) is 0.579. The van der Waals surface area contributed by atoms with Crippen molar-refractivity contribution in [3.8, 4) is 0 Å². The van der Waals surface area contributed by atoms with E-state index in [2.05, 4.69) is 4.72 Å². The Hall–Kier alpha value is -1.93. The number of amides is 1. The number of rotatable bonds is 7. The van der Waals surface area contributed by atoms with Gasteiger partial charge in [-0.3, -0.25) is 9.59 Å². The number of benzene rings is 1. The Bertz CT molecular complexity index is 804. The van der Waals surface area contributed by atoms with Gasteiger partial charge in [0.25, 0.3) is 0 Å². The highest BCUT2D eigenvalue weighted by Crippen LogP contribution is 2.31. The topological polar surface area (TPSA) is 104 Å². The Morgan fingerprint density at radius 3 is 2.33 bits per heavy atom. The second kappa shape index (κ2) is 7.98. The van der Waals surface area contributed by atoms with Crippen LogP contribution in [0, 0.1) is 18.3 Å². The third-order valence-corrected chi connectivity index (χ3v) is 6.42. The molecular formula is C19H28N2O5S. The number of nitrogens with one attached hydrogen (secondary N) is 1. The van der Waals surface area contributed by atoms with E-state index in [1.54, 1.807) is 19.1 Å². The van der Waals surface area contributed by atoms with Crippen molar-refractivity contribution < 1.29 is 23.1 Å². The van der Waals surface area contributed by atoms with Crippen LogP contribution in [0.3, 0.4) is 0 Å². The first-order valence-electron chi connectivity index (χ1n) is 9.06. The Morgan fingerprint density at radius 1 is 1.26 bits per heavy atom. The van der Waals surface area contributed by atoms with Crippen LogP contribution in [0.15, 0.2) is 29.2 Å². The second-order valence-corrected chi connectivity index (χ2v) is 9.71. The lowest BCUT2D eigenvalue weighted by Gasteiger charge is -2.26. The van der Waals surface area contributed by atoms with E-state index in [1.165, 1.54) is 17.0 Å². The third-order valence-electron chi connectivity index (χ3n) is 4.94. The smallest absolute Gasteiger partial charge is 0.311 e. The zero-order valence-electron chi connectivity index (χ0n) is 16.2. The number of carbonyl (C=O) groups excluding carboxylic acids is 1. The normalized spacial score (nSPS) is 21.4. The van der Waals surface area contributed by atoms with Gasteiger partial charge in [0.05, 0.1) is 10.3 Å². The van der Waals surface area contributed by atoms with Crippen molar-refractivity contribution in [2.24, 2.45) is 11.3 Å². The van der Waals surface area contributed by atoms with E-state index in [1.807, 2.05) is 20.8 Å². The van der Waals surface area contributed by atoms with Crippen LogP contribution >= 0.6 is 0 Å². The highest BCUT2D eigenvalue weighted by molar-refractivity contribution is 7.89. The molecular weight excluding hydrogens is 368 g/mol. The summed E-state index contributed by atoms with van der Waals surface area (Å²) in [6, 6.07) is 5.49. The number of carbonyl (C=O) groups is 2. The number of carboxylic acid groups (broad SMARTS) is 1. The molecule has 1 amide bonds. The van der Waals surface area contributed by atoms with E-state index in [9.17, 15) is 23.1 Å². The number of aryl methyl sites for hydroxylation is 1. The van der Waals surface area contributed by atoms with E-state index >= 15 is 0 Å². The number of carboxylic acids is 1. The summed E-state index contributed by atoms with van der Waals surface area (Å²) < 4.78 is 28.0. The SMILES string of the molecule is Cc1ccc(S(=O)(=O)NC(CC(C)C)C(=O)N2CCC(C)(C(=O)O)C2)cc1. The van der Waals surface area contributed by atoms with Crippen molar-refractivity contribution >= 4 is 21.9 Å². The first-order valence-corrected chi connectivity index (χ1v) is 10.5. The zero-order valence-corrected chi connectivity index (χ0v) is 17.0. The molecule has 1 saturated heterocycles. The van der Waals surface area contributed by atoms with Crippen LogP contribution in [0.2, 0.25) is 0 Å². The van der Waals surface area contributed by atoms with Crippen LogP contribution in [0.5, 0.6) is 0 Å². The van der Waals surface area contributed by atoms with Crippen LogP contribution < -0.4 is 4.72 Å². The van der Waals surface area contributed by atoms with E-state index in [0.717, 1.165) is 5.56 Å². The Kier molecular flexibility index (Phi) is 6.32. The van der Waals surface area contributed by atoms with E-state index < -0.39 is 27.4 Å². The summed E-state index contributed by atoms with van der Waals surface area (Å²) in [6.07, 6.45) is 0.692. The van der Waals surface area contributed by atoms with Gasteiger partial charge >= 0.3 is 5.97 Å². The lowest BCUT2D eigenvalue weighted by molar-refractivity contribution is -0.147. The summed E-state index contributed by atoms with van der Waals surface area (Å²) in [5.74, 6) is -1.23. The molecule has 7 nitrogen and oxygen atoms in total. The summed E-state index contributed by atoms with van der Waals surface area (Å²) in [4.78, 5) is 26.0. The molecule has 2 N–H and O–H groups in total. The average Bonchev–Trinajstić information content (AvgIpc) is 2.97. The zero-order chi connectivity index (χ0) is 20.4. The molecule has 0 aromatic heterocycles. The van der Waals surface area contributed by atoms with Gasteiger partial charge in [0.2, 0.25) is 15.9 Å². The maximum atomic E-state index is 13.0. The minimum atomic E-state index is -3.86. The van der Waals surface area contributed by atoms with Crippen molar-refractivity contribution in [1.82, 2.24) is 9.62 Å². The fourth-order valence-corrected chi connectivity index (χ4v) is 4.39. The van der Waals surface area contributed by atoms with Crippen LogP contribution in [0.1, 0.15) is 39.2 Å². The maximum absolute atomic E-state index is 13.0. The van der Waals surface area contributed by atoms with Crippen LogP contribution in [0.4, 0.5) is 0 Å². The largest absolute Gasteiger partial charge is 0.481 e. The number of hydrogen-bond donors (Lipinski definition) is 2. The predicted octanol–water partition coefficient (Wildman–Crippen LogP) is 2.01. The quantitative estimate of drug-likeness (QED) is 0.734. The summed E-state index contributed by atoms with van der Waals surface area (Å²) >= 11 is 0. The van der Waals surface area contributed by atoms with Gasteiger partial charge in [0, 0.05) is 13.1 Å². The van der Waals surface area contributed by atoms with Gasteiger partial charge in [-0.15, -0.1) is 0 Å².